The highest BCUT2D eigenvalue weighted by molar-refractivity contribution is 5.99. The maximum Gasteiger partial charge on any atom is 0.0780 e. The van der Waals surface area contributed by atoms with E-state index in [0.29, 0.717) is 0 Å². The van der Waals surface area contributed by atoms with Gasteiger partial charge in [0.05, 0.1) is 5.69 Å². The van der Waals surface area contributed by atoms with Gasteiger partial charge in [-0.1, -0.05) is 36.9 Å². The summed E-state index contributed by atoms with van der Waals surface area (Å²) in [5.74, 6) is 0. The van der Waals surface area contributed by atoms with Crippen LogP contribution in [0.4, 0.5) is 5.69 Å². The highest BCUT2D eigenvalue weighted by Gasteiger charge is 2.09. The number of anilines is 1. The van der Waals surface area contributed by atoms with E-state index in [4.69, 9.17) is 10.7 Å². The fourth-order valence-electron chi connectivity index (χ4n) is 3.71. The molecule has 0 spiro atoms. The van der Waals surface area contributed by atoms with Gasteiger partial charge in [0.1, 0.15) is 0 Å². The third-order valence-electron chi connectivity index (χ3n) is 5.23. The molecule has 0 radical (unpaired) electrons. The Bertz CT molecular complexity index is 1340. The monoisotopic (exact) mass is 361 g/mol. The molecular formula is C25H19N3. The molecule has 2 heterocycles. The number of nitrogen functional groups attached to an aromatic ring is 1. The van der Waals surface area contributed by atoms with Crippen molar-refractivity contribution in [3.8, 4) is 22.4 Å². The van der Waals surface area contributed by atoms with E-state index < -0.39 is 0 Å². The number of aromatic amines is 1. The number of H-pyrrole nitrogens is 1. The van der Waals surface area contributed by atoms with Crippen molar-refractivity contribution in [2.45, 2.75) is 0 Å². The van der Waals surface area contributed by atoms with E-state index in [2.05, 4.69) is 66.2 Å². The normalized spacial score (nSPS) is 11.1. The van der Waals surface area contributed by atoms with Crippen LogP contribution in [0.3, 0.4) is 0 Å². The fourth-order valence-corrected chi connectivity index (χ4v) is 3.71. The lowest BCUT2D eigenvalue weighted by molar-refractivity contribution is 1.36. The Balaban J connectivity index is 1.70. The van der Waals surface area contributed by atoms with Gasteiger partial charge >= 0.3 is 0 Å². The van der Waals surface area contributed by atoms with E-state index >= 15 is 0 Å². The minimum atomic E-state index is 0.738. The zero-order chi connectivity index (χ0) is 19.1. The van der Waals surface area contributed by atoms with Crippen molar-refractivity contribution in [2.24, 2.45) is 0 Å². The Morgan fingerprint density at radius 1 is 0.821 bits per heavy atom. The predicted octanol–water partition coefficient (Wildman–Crippen LogP) is 6.28. The molecule has 0 amide bonds. The second-order valence-corrected chi connectivity index (χ2v) is 6.92. The van der Waals surface area contributed by atoms with E-state index in [-0.39, 0.29) is 0 Å². The Morgan fingerprint density at radius 3 is 2.54 bits per heavy atom. The first-order chi connectivity index (χ1) is 13.7. The van der Waals surface area contributed by atoms with Crippen LogP contribution in [0.25, 0.3) is 50.1 Å². The minimum Gasteiger partial charge on any atom is -0.398 e. The number of nitrogens with zero attached hydrogens (tertiary/aromatic N) is 1. The fraction of sp³-hybridized carbons (Fsp3) is 0. The molecule has 0 atom stereocenters. The molecule has 5 aromatic rings. The van der Waals surface area contributed by atoms with Crippen molar-refractivity contribution >= 4 is 33.4 Å². The number of hydrogen-bond acceptors (Lipinski definition) is 2. The molecule has 134 valence electrons. The van der Waals surface area contributed by atoms with Gasteiger partial charge in [-0.05, 0) is 64.5 Å². The van der Waals surface area contributed by atoms with E-state index in [9.17, 15) is 0 Å². The van der Waals surface area contributed by atoms with Gasteiger partial charge in [-0.2, -0.15) is 0 Å². The number of nitrogens with one attached hydrogen (secondary N) is 1. The first-order valence-electron chi connectivity index (χ1n) is 9.21. The summed E-state index contributed by atoms with van der Waals surface area (Å²) in [7, 11) is 0. The number of fused-ring (bicyclic) bond motifs is 2. The molecule has 0 aliphatic heterocycles. The zero-order valence-electron chi connectivity index (χ0n) is 15.3. The summed E-state index contributed by atoms with van der Waals surface area (Å²) < 4.78 is 0. The molecule has 3 aromatic carbocycles. The van der Waals surface area contributed by atoms with Crippen molar-refractivity contribution in [3.63, 3.8) is 0 Å². The third kappa shape index (κ3) is 2.65. The average Bonchev–Trinajstić information content (AvgIpc) is 3.21. The van der Waals surface area contributed by atoms with Crippen LogP contribution in [0.2, 0.25) is 0 Å². The summed E-state index contributed by atoms with van der Waals surface area (Å²) in [5, 5.41) is 3.48. The molecule has 0 aliphatic carbocycles. The molecule has 2 aromatic heterocycles. The highest BCUT2D eigenvalue weighted by atomic mass is 14.7. The van der Waals surface area contributed by atoms with Crippen molar-refractivity contribution in [1.29, 1.82) is 0 Å². The van der Waals surface area contributed by atoms with Gasteiger partial charge in [-0.3, -0.25) is 4.98 Å². The van der Waals surface area contributed by atoms with Crippen molar-refractivity contribution < 1.29 is 0 Å². The Hall–Kier alpha value is -3.85. The number of nitrogens with two attached hydrogens (primary N) is 1. The van der Waals surface area contributed by atoms with E-state index in [0.717, 1.165) is 44.5 Å². The lowest BCUT2D eigenvalue weighted by Crippen LogP contribution is -1.90. The average molecular weight is 361 g/mol. The molecular weight excluding hydrogens is 342 g/mol. The van der Waals surface area contributed by atoms with E-state index in [1.165, 1.54) is 10.8 Å². The van der Waals surface area contributed by atoms with Crippen LogP contribution in [-0.2, 0) is 0 Å². The van der Waals surface area contributed by atoms with Crippen LogP contribution in [0.5, 0.6) is 0 Å². The van der Waals surface area contributed by atoms with Gasteiger partial charge in [0.25, 0.3) is 0 Å². The molecule has 5 rings (SSSR count). The standard InChI is InChI=1S/C25H19N3/c1-2-16-13-18(5-7-23(16)26)19-4-3-17-9-12-28-25(22(17)15-19)21-6-8-24-20(14-21)10-11-27-24/h2-15,27H,1,26H2. The van der Waals surface area contributed by atoms with Crippen LogP contribution in [0, 0.1) is 0 Å². The number of hydrogen-bond donors (Lipinski definition) is 2. The Morgan fingerprint density at radius 2 is 1.64 bits per heavy atom. The van der Waals surface area contributed by atoms with Crippen LogP contribution in [0.15, 0.2) is 85.7 Å². The molecule has 3 N–H and O–H groups in total. The van der Waals surface area contributed by atoms with Gasteiger partial charge in [0, 0.05) is 39.9 Å². The van der Waals surface area contributed by atoms with Crippen molar-refractivity contribution in [3.05, 3.63) is 91.3 Å². The lowest BCUT2D eigenvalue weighted by Gasteiger charge is -2.10. The molecule has 0 fully saturated rings. The summed E-state index contributed by atoms with van der Waals surface area (Å²) in [5.41, 5.74) is 13.2. The summed E-state index contributed by atoms with van der Waals surface area (Å²) in [6.45, 7) is 3.86. The second kappa shape index (κ2) is 6.39. The van der Waals surface area contributed by atoms with Gasteiger partial charge in [-0.25, -0.2) is 0 Å². The Kier molecular flexibility index (Phi) is 3.73. The molecule has 28 heavy (non-hydrogen) atoms. The summed E-state index contributed by atoms with van der Waals surface area (Å²) in [4.78, 5) is 7.95. The molecule has 0 aliphatic rings. The third-order valence-corrected chi connectivity index (χ3v) is 5.23. The topological polar surface area (TPSA) is 54.7 Å². The lowest BCUT2D eigenvalue weighted by atomic mass is 9.96. The van der Waals surface area contributed by atoms with Crippen LogP contribution < -0.4 is 5.73 Å². The van der Waals surface area contributed by atoms with Crippen molar-refractivity contribution in [2.75, 3.05) is 5.73 Å². The van der Waals surface area contributed by atoms with Crippen LogP contribution >= 0.6 is 0 Å². The first kappa shape index (κ1) is 16.3. The SMILES string of the molecule is C=Cc1cc(-c2ccc3ccnc(-c4ccc5[nH]ccc5c4)c3c2)ccc1N. The number of pyridine rings is 1. The van der Waals surface area contributed by atoms with Gasteiger partial charge in [0.15, 0.2) is 0 Å². The number of benzene rings is 3. The molecule has 3 nitrogen and oxygen atoms in total. The highest BCUT2D eigenvalue weighted by Crippen LogP contribution is 2.33. The first-order valence-corrected chi connectivity index (χ1v) is 9.21. The zero-order valence-corrected chi connectivity index (χ0v) is 15.3. The smallest absolute Gasteiger partial charge is 0.0780 e. The second-order valence-electron chi connectivity index (χ2n) is 6.92. The van der Waals surface area contributed by atoms with Gasteiger partial charge < -0.3 is 10.7 Å². The van der Waals surface area contributed by atoms with Gasteiger partial charge in [0.2, 0.25) is 0 Å². The summed E-state index contributed by atoms with van der Waals surface area (Å²) in [6, 6.07) is 23.1. The molecule has 0 saturated carbocycles. The quantitative estimate of drug-likeness (QED) is 0.372. The van der Waals surface area contributed by atoms with Gasteiger partial charge in [-0.15, -0.1) is 0 Å². The maximum absolute atomic E-state index is 6.02. The predicted molar refractivity (Wildman–Crippen MR) is 119 cm³/mol. The molecule has 3 heteroatoms. The molecule has 0 bridgehead atoms. The van der Waals surface area contributed by atoms with E-state index in [1.54, 1.807) is 6.08 Å². The molecule has 0 unspecified atom stereocenters. The summed E-state index contributed by atoms with van der Waals surface area (Å²) in [6.07, 6.45) is 5.62. The van der Waals surface area contributed by atoms with Crippen LogP contribution in [0.1, 0.15) is 5.56 Å². The minimum absolute atomic E-state index is 0.738. The number of aromatic nitrogens is 2. The number of rotatable bonds is 3. The summed E-state index contributed by atoms with van der Waals surface area (Å²) >= 11 is 0. The molecule has 0 saturated heterocycles. The van der Waals surface area contributed by atoms with Crippen molar-refractivity contribution in [1.82, 2.24) is 9.97 Å². The Labute approximate surface area is 163 Å². The van der Waals surface area contributed by atoms with E-state index in [1.807, 2.05) is 24.5 Å². The maximum atomic E-state index is 6.02. The largest absolute Gasteiger partial charge is 0.398 e. The van der Waals surface area contributed by atoms with Crippen LogP contribution in [-0.4, -0.2) is 9.97 Å².